The molecule has 1 aromatic carbocycles. The Labute approximate surface area is 93.0 Å². The summed E-state index contributed by atoms with van der Waals surface area (Å²) in [5.41, 5.74) is -0.161. The van der Waals surface area contributed by atoms with Gasteiger partial charge in [-0.05, 0) is 18.1 Å². The Morgan fingerprint density at radius 1 is 1.31 bits per heavy atom. The van der Waals surface area contributed by atoms with E-state index in [0.29, 0.717) is 12.5 Å². The van der Waals surface area contributed by atoms with Crippen LogP contribution in [0.15, 0.2) is 23.2 Å². The van der Waals surface area contributed by atoms with E-state index in [9.17, 15) is 8.78 Å². The molecule has 2 nitrogen and oxygen atoms in total. The summed E-state index contributed by atoms with van der Waals surface area (Å²) in [5, 5.41) is 0. The van der Waals surface area contributed by atoms with Crippen molar-refractivity contribution in [2.75, 3.05) is 6.61 Å². The van der Waals surface area contributed by atoms with Crippen LogP contribution in [0.1, 0.15) is 19.4 Å². The van der Waals surface area contributed by atoms with Crippen molar-refractivity contribution in [2.45, 2.75) is 19.9 Å². The molecule has 16 heavy (non-hydrogen) atoms. The molecule has 0 radical (unpaired) electrons. The highest BCUT2D eigenvalue weighted by Crippen LogP contribution is 2.21. The van der Waals surface area contributed by atoms with Gasteiger partial charge in [-0.3, -0.25) is 0 Å². The number of halogens is 2. The zero-order valence-electron chi connectivity index (χ0n) is 9.21. The normalized spacial score (nSPS) is 19.8. The molecular weight excluding hydrogens is 212 g/mol. The molecule has 1 atom stereocenters. The molecule has 0 saturated heterocycles. The molecule has 0 amide bonds. The van der Waals surface area contributed by atoms with E-state index in [0.717, 1.165) is 0 Å². The van der Waals surface area contributed by atoms with E-state index in [1.54, 1.807) is 0 Å². The number of benzene rings is 1. The molecule has 0 spiro atoms. The maximum Gasteiger partial charge on any atom is 0.222 e. The molecule has 1 unspecified atom stereocenters. The van der Waals surface area contributed by atoms with Crippen LogP contribution in [0.4, 0.5) is 8.78 Å². The molecule has 1 aliphatic heterocycles. The molecule has 4 heteroatoms. The number of hydrogen-bond donors (Lipinski definition) is 0. The van der Waals surface area contributed by atoms with Crippen LogP contribution in [0, 0.1) is 17.6 Å². The lowest BCUT2D eigenvalue weighted by molar-refractivity contribution is 0.290. The van der Waals surface area contributed by atoms with Crippen molar-refractivity contribution in [3.05, 3.63) is 35.4 Å². The molecule has 0 saturated carbocycles. The van der Waals surface area contributed by atoms with E-state index in [1.807, 2.05) is 13.8 Å². The monoisotopic (exact) mass is 225 g/mol. The van der Waals surface area contributed by atoms with Gasteiger partial charge in [0, 0.05) is 0 Å². The summed E-state index contributed by atoms with van der Waals surface area (Å²) in [6.07, 6.45) is 0. The van der Waals surface area contributed by atoms with Gasteiger partial charge in [0.15, 0.2) is 0 Å². The van der Waals surface area contributed by atoms with E-state index in [2.05, 4.69) is 4.99 Å². The first kappa shape index (κ1) is 11.0. The largest absolute Gasteiger partial charge is 0.475 e. The fourth-order valence-corrected chi connectivity index (χ4v) is 1.57. The molecule has 0 fully saturated rings. The van der Waals surface area contributed by atoms with E-state index < -0.39 is 11.6 Å². The zero-order valence-corrected chi connectivity index (χ0v) is 9.21. The third-order valence-corrected chi connectivity index (χ3v) is 2.62. The Balaban J connectivity index is 2.36. The van der Waals surface area contributed by atoms with Crippen molar-refractivity contribution >= 4 is 5.90 Å². The SMILES string of the molecule is CC(C)C1COC(c2c(F)cccc2F)=N1. The molecular formula is C12H13F2NO. The van der Waals surface area contributed by atoms with Gasteiger partial charge in [0.1, 0.15) is 23.8 Å². The highest BCUT2D eigenvalue weighted by atomic mass is 19.1. The standard InChI is InChI=1S/C12H13F2NO/c1-7(2)10-6-16-12(15-10)11-8(13)4-3-5-9(11)14/h3-5,7,10H,6H2,1-2H3. The summed E-state index contributed by atoms with van der Waals surface area (Å²) < 4.78 is 32.1. The Bertz CT molecular complexity index is 409. The number of aliphatic imine (C=N–C) groups is 1. The predicted molar refractivity (Wildman–Crippen MR) is 57.5 cm³/mol. The minimum absolute atomic E-state index is 0.0194. The van der Waals surface area contributed by atoms with Gasteiger partial charge in [0.05, 0.1) is 6.04 Å². The Kier molecular flexibility index (Phi) is 2.90. The molecule has 2 rings (SSSR count). The molecule has 0 bridgehead atoms. The number of hydrogen-bond acceptors (Lipinski definition) is 2. The zero-order chi connectivity index (χ0) is 11.7. The van der Waals surface area contributed by atoms with Crippen LogP contribution in [-0.4, -0.2) is 18.5 Å². The van der Waals surface area contributed by atoms with Gasteiger partial charge in [-0.15, -0.1) is 0 Å². The van der Waals surface area contributed by atoms with E-state index in [1.165, 1.54) is 18.2 Å². The second kappa shape index (κ2) is 4.20. The van der Waals surface area contributed by atoms with Crippen LogP contribution >= 0.6 is 0 Å². The average Bonchev–Trinajstić information content (AvgIpc) is 2.66. The first-order valence-corrected chi connectivity index (χ1v) is 5.24. The topological polar surface area (TPSA) is 21.6 Å². The van der Waals surface area contributed by atoms with E-state index in [4.69, 9.17) is 4.74 Å². The number of rotatable bonds is 2. The quantitative estimate of drug-likeness (QED) is 0.758. The van der Waals surface area contributed by atoms with Gasteiger partial charge in [0.25, 0.3) is 0 Å². The van der Waals surface area contributed by atoms with Crippen LogP contribution in [-0.2, 0) is 4.74 Å². The first-order chi connectivity index (χ1) is 7.59. The minimum atomic E-state index is -0.636. The first-order valence-electron chi connectivity index (χ1n) is 5.24. The lowest BCUT2D eigenvalue weighted by Gasteiger charge is -2.06. The van der Waals surface area contributed by atoms with Crippen molar-refractivity contribution in [3.63, 3.8) is 0 Å². The molecule has 1 aliphatic rings. The average molecular weight is 225 g/mol. The molecule has 86 valence electrons. The van der Waals surface area contributed by atoms with Gasteiger partial charge in [0.2, 0.25) is 5.90 Å². The second-order valence-electron chi connectivity index (χ2n) is 4.15. The maximum atomic E-state index is 13.4. The van der Waals surface area contributed by atoms with Crippen LogP contribution in [0.2, 0.25) is 0 Å². The number of ether oxygens (including phenoxy) is 1. The summed E-state index contributed by atoms with van der Waals surface area (Å²) in [5.74, 6) is -0.895. The molecule has 0 N–H and O–H groups in total. The summed E-state index contributed by atoms with van der Waals surface area (Å²) >= 11 is 0. The highest BCUT2D eigenvalue weighted by Gasteiger charge is 2.26. The van der Waals surface area contributed by atoms with Gasteiger partial charge in [-0.1, -0.05) is 19.9 Å². The maximum absolute atomic E-state index is 13.4. The highest BCUT2D eigenvalue weighted by molar-refractivity contribution is 5.95. The molecule has 0 aromatic heterocycles. The Morgan fingerprint density at radius 3 is 2.44 bits per heavy atom. The smallest absolute Gasteiger partial charge is 0.222 e. The minimum Gasteiger partial charge on any atom is -0.475 e. The van der Waals surface area contributed by atoms with Crippen LogP contribution in [0.5, 0.6) is 0 Å². The van der Waals surface area contributed by atoms with E-state index in [-0.39, 0.29) is 17.5 Å². The molecule has 0 aliphatic carbocycles. The molecule has 1 heterocycles. The Morgan fingerprint density at radius 2 is 1.94 bits per heavy atom. The summed E-state index contributed by atoms with van der Waals surface area (Å²) in [6.45, 7) is 4.39. The summed E-state index contributed by atoms with van der Waals surface area (Å²) in [6, 6.07) is 3.71. The van der Waals surface area contributed by atoms with Crippen molar-refractivity contribution in [2.24, 2.45) is 10.9 Å². The lowest BCUT2D eigenvalue weighted by atomic mass is 10.1. The van der Waals surface area contributed by atoms with Crippen molar-refractivity contribution in [1.82, 2.24) is 0 Å². The predicted octanol–water partition coefficient (Wildman–Crippen LogP) is 2.77. The number of nitrogens with zero attached hydrogens (tertiary/aromatic N) is 1. The van der Waals surface area contributed by atoms with Crippen molar-refractivity contribution < 1.29 is 13.5 Å². The van der Waals surface area contributed by atoms with Gasteiger partial charge >= 0.3 is 0 Å². The van der Waals surface area contributed by atoms with Gasteiger partial charge in [-0.25, -0.2) is 13.8 Å². The van der Waals surface area contributed by atoms with Crippen LogP contribution in [0.25, 0.3) is 0 Å². The summed E-state index contributed by atoms with van der Waals surface area (Å²) in [4.78, 5) is 4.19. The van der Waals surface area contributed by atoms with Crippen LogP contribution in [0.3, 0.4) is 0 Å². The fourth-order valence-electron chi connectivity index (χ4n) is 1.57. The van der Waals surface area contributed by atoms with E-state index >= 15 is 0 Å². The van der Waals surface area contributed by atoms with Gasteiger partial charge < -0.3 is 4.74 Å². The van der Waals surface area contributed by atoms with Crippen LogP contribution < -0.4 is 0 Å². The lowest BCUT2D eigenvalue weighted by Crippen LogP contribution is -2.13. The second-order valence-corrected chi connectivity index (χ2v) is 4.15. The summed E-state index contributed by atoms with van der Waals surface area (Å²) in [7, 11) is 0. The van der Waals surface area contributed by atoms with Crippen molar-refractivity contribution in [1.29, 1.82) is 0 Å². The van der Waals surface area contributed by atoms with Gasteiger partial charge in [-0.2, -0.15) is 0 Å². The van der Waals surface area contributed by atoms with Crippen molar-refractivity contribution in [3.8, 4) is 0 Å². The fraction of sp³-hybridized carbons (Fsp3) is 0.417. The Hall–Kier alpha value is -1.45. The third-order valence-electron chi connectivity index (χ3n) is 2.62. The third kappa shape index (κ3) is 1.92. The molecule has 1 aromatic rings.